The van der Waals surface area contributed by atoms with Crippen molar-refractivity contribution in [3.05, 3.63) is 273 Å². The van der Waals surface area contributed by atoms with Crippen LogP contribution in [-0.2, 0) is 9.84 Å². The van der Waals surface area contributed by atoms with E-state index in [0.717, 1.165) is 22.3 Å². The largest absolute Gasteiger partial charge is 0.457 e. The molecule has 0 N–H and O–H groups in total. The summed E-state index contributed by atoms with van der Waals surface area (Å²) >= 11 is 24.6. The first-order valence-electron chi connectivity index (χ1n) is 23.1. The van der Waals surface area contributed by atoms with Crippen LogP contribution in [0.15, 0.2) is 240 Å². The molecule has 10 aromatic carbocycles. The predicted octanol–water partition coefficient (Wildman–Crippen LogP) is 18.1. The molecule has 0 saturated heterocycles. The molecular weight excluding hydrogens is 1050 g/mol. The van der Waals surface area contributed by atoms with Gasteiger partial charge in [-0.2, -0.15) is 0 Å². The van der Waals surface area contributed by atoms with E-state index in [2.05, 4.69) is 0 Å². The molecule has 13 heteroatoms. The second-order valence-corrected chi connectivity index (χ2v) is 20.5. The van der Waals surface area contributed by atoms with Gasteiger partial charge in [0.05, 0.1) is 19.8 Å². The summed E-state index contributed by atoms with van der Waals surface area (Å²) in [4.78, 5) is 26.2. The third-order valence-electron chi connectivity index (χ3n) is 11.9. The topological polar surface area (TPSA) is 105 Å². The Bertz CT molecular complexity index is 3550. The number of rotatable bonds is 16. The SMILES string of the molecule is O=C(c1ccc(Oc2ccc(-c3ccc(Oc4ccc(S(=O)(=O)c5ccc(Oc6ccc(-c7ccc(Oc8ccc(C(=O)c9cc(Cl)ccc9Cl)cc8)cc7)cc6)cc5)cc4)cc3)cc2)cc1)c1cc(Cl)ccc1Cl. The summed E-state index contributed by atoms with van der Waals surface area (Å²) in [5, 5.41) is 1.52. The molecule has 0 bridgehead atoms. The van der Waals surface area contributed by atoms with Crippen molar-refractivity contribution in [2.45, 2.75) is 9.79 Å². The van der Waals surface area contributed by atoms with E-state index < -0.39 is 9.84 Å². The molecule has 8 nitrogen and oxygen atoms in total. The molecule has 75 heavy (non-hydrogen) atoms. The van der Waals surface area contributed by atoms with Gasteiger partial charge in [0.15, 0.2) is 11.6 Å². The van der Waals surface area contributed by atoms with Crippen LogP contribution >= 0.6 is 46.4 Å². The van der Waals surface area contributed by atoms with E-state index in [-0.39, 0.29) is 21.4 Å². The molecule has 0 aliphatic heterocycles. The molecular formula is C62H38Cl4O8S. The van der Waals surface area contributed by atoms with Crippen LogP contribution in [0.3, 0.4) is 0 Å². The monoisotopic (exact) mass is 1080 g/mol. The first-order chi connectivity index (χ1) is 36.3. The highest BCUT2D eigenvalue weighted by Gasteiger charge is 2.19. The van der Waals surface area contributed by atoms with Gasteiger partial charge in [-0.15, -0.1) is 0 Å². The number of benzene rings is 10. The van der Waals surface area contributed by atoms with Crippen LogP contribution in [0.5, 0.6) is 46.0 Å². The van der Waals surface area contributed by atoms with Crippen LogP contribution in [0.25, 0.3) is 22.3 Å². The van der Waals surface area contributed by atoms with E-state index in [1.54, 1.807) is 109 Å². The van der Waals surface area contributed by atoms with Crippen LogP contribution in [0.1, 0.15) is 31.8 Å². The van der Waals surface area contributed by atoms with Crippen LogP contribution in [-0.4, -0.2) is 20.0 Å². The van der Waals surface area contributed by atoms with E-state index in [1.165, 1.54) is 24.3 Å². The zero-order valence-corrected chi connectivity index (χ0v) is 43.0. The van der Waals surface area contributed by atoms with Crippen LogP contribution in [0.4, 0.5) is 0 Å². The Morgan fingerprint density at radius 2 is 0.520 bits per heavy atom. The molecule has 368 valence electrons. The number of ether oxygens (including phenoxy) is 4. The fourth-order valence-corrected chi connectivity index (χ4v) is 9.93. The number of carbonyl (C=O) groups excluding carboxylic acids is 2. The van der Waals surface area contributed by atoms with Crippen molar-refractivity contribution in [1.82, 2.24) is 0 Å². The molecule has 0 aliphatic rings. The first-order valence-corrected chi connectivity index (χ1v) is 26.1. The van der Waals surface area contributed by atoms with Gasteiger partial charge in [-0.25, -0.2) is 8.42 Å². The lowest BCUT2D eigenvalue weighted by atomic mass is 10.0. The minimum Gasteiger partial charge on any atom is -0.457 e. The summed E-state index contributed by atoms with van der Waals surface area (Å²) in [6, 6.07) is 66.1. The minimum atomic E-state index is -3.84. The van der Waals surface area contributed by atoms with E-state index in [4.69, 9.17) is 65.4 Å². The summed E-state index contributed by atoms with van der Waals surface area (Å²) in [6.07, 6.45) is 0. The fourth-order valence-electron chi connectivity index (χ4n) is 7.92. The number of ketones is 2. The van der Waals surface area contributed by atoms with Crippen molar-refractivity contribution >= 4 is 67.8 Å². The summed E-state index contributed by atoms with van der Waals surface area (Å²) in [5.74, 6) is 4.03. The Labute approximate surface area is 452 Å². The lowest BCUT2D eigenvalue weighted by Crippen LogP contribution is -2.02. The molecule has 10 aromatic rings. The Hall–Kier alpha value is -8.15. The molecule has 0 heterocycles. The summed E-state index contributed by atoms with van der Waals surface area (Å²) in [6.45, 7) is 0. The molecule has 0 aliphatic carbocycles. The average molecular weight is 1080 g/mol. The van der Waals surface area contributed by atoms with E-state index >= 15 is 0 Å². The second-order valence-electron chi connectivity index (χ2n) is 16.9. The summed E-state index contributed by atoms with van der Waals surface area (Å²) < 4.78 is 51.4. The molecule has 0 unspecified atom stereocenters. The minimum absolute atomic E-state index is 0.121. The highest BCUT2D eigenvalue weighted by molar-refractivity contribution is 7.91. The lowest BCUT2D eigenvalue weighted by Gasteiger charge is -2.11. The van der Waals surface area contributed by atoms with Crippen molar-refractivity contribution in [3.8, 4) is 68.2 Å². The molecule has 10 rings (SSSR count). The summed E-state index contributed by atoms with van der Waals surface area (Å²) in [7, 11) is -3.84. The van der Waals surface area contributed by atoms with Crippen molar-refractivity contribution in [3.63, 3.8) is 0 Å². The standard InChI is InChI=1S/C62H38Cl4O8S/c63-45-13-35-59(65)57(37-45)61(67)43-9-23-51(24-10-43)71-47-15-1-39(2-16-47)41-5-19-49(20-6-41)73-53-27-31-55(32-28-53)75(69,70)56-33-29-54(30-34-56)74-50-21-7-42(8-22-50)40-3-17-48(18-4-40)72-52-25-11-44(12-26-52)62(68)58-38-46(64)14-36-60(58)66/h1-38H. The van der Waals surface area contributed by atoms with Gasteiger partial charge in [-0.1, -0.05) is 94.9 Å². The molecule has 0 spiro atoms. The second kappa shape index (κ2) is 22.1. The van der Waals surface area contributed by atoms with Gasteiger partial charge in [-0.05, 0) is 204 Å². The van der Waals surface area contributed by atoms with E-state index in [9.17, 15) is 18.0 Å². The van der Waals surface area contributed by atoms with E-state index in [0.29, 0.717) is 88.3 Å². The molecule has 0 radical (unpaired) electrons. The van der Waals surface area contributed by atoms with Crippen molar-refractivity contribution < 1.29 is 37.0 Å². The maximum atomic E-state index is 13.6. The number of sulfone groups is 1. The Morgan fingerprint density at radius 3 is 0.773 bits per heavy atom. The molecule has 0 atom stereocenters. The van der Waals surface area contributed by atoms with Crippen LogP contribution in [0.2, 0.25) is 20.1 Å². The zero-order valence-electron chi connectivity index (χ0n) is 39.1. The highest BCUT2D eigenvalue weighted by Crippen LogP contribution is 2.34. The van der Waals surface area contributed by atoms with Crippen LogP contribution < -0.4 is 18.9 Å². The quantitative estimate of drug-likeness (QED) is 0.0881. The molecule has 0 aromatic heterocycles. The van der Waals surface area contributed by atoms with Crippen molar-refractivity contribution in [2.75, 3.05) is 0 Å². The van der Waals surface area contributed by atoms with Gasteiger partial charge >= 0.3 is 0 Å². The average Bonchev–Trinajstić information content (AvgIpc) is 3.43. The Balaban J connectivity index is 0.692. The maximum absolute atomic E-state index is 13.6. The van der Waals surface area contributed by atoms with Gasteiger partial charge in [0.1, 0.15) is 46.0 Å². The van der Waals surface area contributed by atoms with Crippen molar-refractivity contribution in [2.24, 2.45) is 0 Å². The van der Waals surface area contributed by atoms with Crippen molar-refractivity contribution in [1.29, 1.82) is 0 Å². The molecule has 0 fully saturated rings. The number of carbonyl (C=O) groups is 2. The highest BCUT2D eigenvalue weighted by atomic mass is 35.5. The van der Waals surface area contributed by atoms with Gasteiger partial charge < -0.3 is 18.9 Å². The summed E-state index contributed by atoms with van der Waals surface area (Å²) in [5.41, 5.74) is 5.42. The number of hydrogen-bond donors (Lipinski definition) is 0. The van der Waals surface area contributed by atoms with Gasteiger partial charge in [0.2, 0.25) is 9.84 Å². The number of halogens is 4. The van der Waals surface area contributed by atoms with Crippen LogP contribution in [0, 0.1) is 0 Å². The third-order valence-corrected chi connectivity index (χ3v) is 14.8. The van der Waals surface area contributed by atoms with E-state index in [1.807, 2.05) is 97.1 Å². The predicted molar refractivity (Wildman–Crippen MR) is 295 cm³/mol. The van der Waals surface area contributed by atoms with Gasteiger partial charge in [0, 0.05) is 32.3 Å². The molecule has 0 saturated carbocycles. The first kappa shape index (κ1) is 50.4. The third kappa shape index (κ3) is 12.0. The smallest absolute Gasteiger partial charge is 0.206 e. The van der Waals surface area contributed by atoms with Gasteiger partial charge in [0.25, 0.3) is 0 Å². The lowest BCUT2D eigenvalue weighted by molar-refractivity contribution is 0.103. The Morgan fingerprint density at radius 1 is 0.293 bits per heavy atom. The molecule has 0 amide bonds. The number of hydrogen-bond acceptors (Lipinski definition) is 8. The normalized spacial score (nSPS) is 11.1. The fraction of sp³-hybridized carbons (Fsp3) is 0. The maximum Gasteiger partial charge on any atom is 0.206 e. The van der Waals surface area contributed by atoms with Gasteiger partial charge in [-0.3, -0.25) is 9.59 Å². The Kier molecular flexibility index (Phi) is 14.9. The zero-order chi connectivity index (χ0) is 52.1.